The molecule has 0 saturated heterocycles. The fraction of sp³-hybridized carbons (Fsp3) is 0.333. The van der Waals surface area contributed by atoms with E-state index in [1.165, 1.54) is 6.07 Å². The molecule has 0 fully saturated rings. The molecule has 0 radical (unpaired) electrons. The Hall–Kier alpha value is -1.71. The molecule has 1 aromatic heterocycles. The van der Waals surface area contributed by atoms with Crippen molar-refractivity contribution in [2.75, 3.05) is 0 Å². The lowest BCUT2D eigenvalue weighted by atomic mass is 10.1. The molecule has 2 rings (SSSR count). The molecule has 16 heavy (non-hydrogen) atoms. The Bertz CT molecular complexity index is 491. The van der Waals surface area contributed by atoms with Gasteiger partial charge in [-0.05, 0) is 37.1 Å². The topological polar surface area (TPSA) is 30.7 Å². The van der Waals surface area contributed by atoms with Gasteiger partial charge in [0.1, 0.15) is 12.1 Å². The van der Waals surface area contributed by atoms with Crippen LogP contribution < -0.4 is 0 Å². The first kappa shape index (κ1) is 10.8. The van der Waals surface area contributed by atoms with Crippen LogP contribution in [-0.4, -0.2) is 14.8 Å². The van der Waals surface area contributed by atoms with Gasteiger partial charge >= 0.3 is 0 Å². The normalized spacial score (nSPS) is 10.7. The first-order valence-electron chi connectivity index (χ1n) is 5.36. The number of hydrogen-bond donors (Lipinski definition) is 0. The van der Waals surface area contributed by atoms with Gasteiger partial charge in [0.2, 0.25) is 0 Å². The standard InChI is InChI=1S/C12H14FN3/c1-3-6-16-8-14-15-12(16)10-4-5-11(13)9(2)7-10/h4-5,7-8H,3,6H2,1-2H3. The zero-order chi connectivity index (χ0) is 11.5. The summed E-state index contributed by atoms with van der Waals surface area (Å²) in [5.74, 6) is 0.607. The molecule has 0 aliphatic carbocycles. The lowest BCUT2D eigenvalue weighted by molar-refractivity contribution is 0.618. The van der Waals surface area contributed by atoms with Crippen LogP contribution in [0.1, 0.15) is 18.9 Å². The van der Waals surface area contributed by atoms with E-state index in [-0.39, 0.29) is 5.82 Å². The van der Waals surface area contributed by atoms with Gasteiger partial charge in [-0.15, -0.1) is 10.2 Å². The zero-order valence-corrected chi connectivity index (χ0v) is 9.44. The second-order valence-electron chi connectivity index (χ2n) is 3.81. The maximum absolute atomic E-state index is 13.1. The Morgan fingerprint density at radius 3 is 2.88 bits per heavy atom. The van der Waals surface area contributed by atoms with Crippen LogP contribution in [0.3, 0.4) is 0 Å². The van der Waals surface area contributed by atoms with E-state index in [4.69, 9.17) is 0 Å². The first-order chi connectivity index (χ1) is 7.72. The minimum atomic E-state index is -0.190. The number of aromatic nitrogens is 3. The first-order valence-corrected chi connectivity index (χ1v) is 5.36. The number of rotatable bonds is 3. The van der Waals surface area contributed by atoms with E-state index >= 15 is 0 Å². The fourth-order valence-corrected chi connectivity index (χ4v) is 1.67. The van der Waals surface area contributed by atoms with Gasteiger partial charge in [0.05, 0.1) is 0 Å². The molecule has 2 aromatic rings. The number of hydrogen-bond acceptors (Lipinski definition) is 2. The molecule has 1 aromatic carbocycles. The van der Waals surface area contributed by atoms with Crippen molar-refractivity contribution >= 4 is 0 Å². The summed E-state index contributed by atoms with van der Waals surface area (Å²) in [5, 5.41) is 7.95. The highest BCUT2D eigenvalue weighted by Gasteiger charge is 2.08. The van der Waals surface area contributed by atoms with Crippen LogP contribution >= 0.6 is 0 Å². The maximum atomic E-state index is 13.1. The molecular formula is C12H14FN3. The molecule has 0 spiro atoms. The highest BCUT2D eigenvalue weighted by atomic mass is 19.1. The largest absolute Gasteiger partial charge is 0.314 e. The number of halogens is 1. The third kappa shape index (κ3) is 1.96. The van der Waals surface area contributed by atoms with Crippen molar-refractivity contribution in [3.63, 3.8) is 0 Å². The van der Waals surface area contributed by atoms with Gasteiger partial charge in [-0.1, -0.05) is 6.92 Å². The van der Waals surface area contributed by atoms with Crippen LogP contribution in [0.15, 0.2) is 24.5 Å². The quantitative estimate of drug-likeness (QED) is 0.794. The SMILES string of the molecule is CCCn1cnnc1-c1ccc(F)c(C)c1. The minimum absolute atomic E-state index is 0.190. The van der Waals surface area contributed by atoms with Gasteiger partial charge in [-0.3, -0.25) is 0 Å². The van der Waals surface area contributed by atoms with Crippen molar-refractivity contribution in [3.8, 4) is 11.4 Å². The molecule has 1 heterocycles. The minimum Gasteiger partial charge on any atom is -0.314 e. The third-order valence-corrected chi connectivity index (χ3v) is 2.50. The van der Waals surface area contributed by atoms with Crippen molar-refractivity contribution in [1.29, 1.82) is 0 Å². The number of aryl methyl sites for hydroxylation is 2. The van der Waals surface area contributed by atoms with E-state index in [1.807, 2.05) is 4.57 Å². The average Bonchev–Trinajstić information content (AvgIpc) is 2.71. The van der Waals surface area contributed by atoms with Crippen LogP contribution in [0.2, 0.25) is 0 Å². The molecule has 0 atom stereocenters. The molecule has 4 heteroatoms. The zero-order valence-electron chi connectivity index (χ0n) is 9.44. The molecule has 84 valence electrons. The van der Waals surface area contributed by atoms with Crippen molar-refractivity contribution in [2.24, 2.45) is 0 Å². The predicted octanol–water partition coefficient (Wildman–Crippen LogP) is 2.80. The van der Waals surface area contributed by atoms with E-state index in [2.05, 4.69) is 17.1 Å². The second-order valence-corrected chi connectivity index (χ2v) is 3.81. The molecule has 0 aliphatic heterocycles. The third-order valence-electron chi connectivity index (χ3n) is 2.50. The summed E-state index contributed by atoms with van der Waals surface area (Å²) in [6.07, 6.45) is 2.72. The van der Waals surface area contributed by atoms with E-state index in [9.17, 15) is 4.39 Å². The summed E-state index contributed by atoms with van der Waals surface area (Å²) in [6, 6.07) is 5.00. The van der Waals surface area contributed by atoms with Crippen LogP contribution in [0.5, 0.6) is 0 Å². The Labute approximate surface area is 93.9 Å². The fourth-order valence-electron chi connectivity index (χ4n) is 1.67. The van der Waals surface area contributed by atoms with Gasteiger partial charge in [-0.2, -0.15) is 0 Å². The lowest BCUT2D eigenvalue weighted by Gasteiger charge is -2.05. The summed E-state index contributed by atoms with van der Waals surface area (Å²) < 4.78 is 15.1. The second kappa shape index (κ2) is 4.43. The lowest BCUT2D eigenvalue weighted by Crippen LogP contribution is -1.98. The molecule has 3 nitrogen and oxygen atoms in total. The highest BCUT2D eigenvalue weighted by Crippen LogP contribution is 2.19. The highest BCUT2D eigenvalue weighted by molar-refractivity contribution is 5.56. The average molecular weight is 219 g/mol. The van der Waals surface area contributed by atoms with Crippen molar-refractivity contribution < 1.29 is 4.39 Å². The summed E-state index contributed by atoms with van der Waals surface area (Å²) >= 11 is 0. The van der Waals surface area contributed by atoms with E-state index in [0.29, 0.717) is 5.56 Å². The molecule has 0 amide bonds. The monoisotopic (exact) mass is 219 g/mol. The maximum Gasteiger partial charge on any atom is 0.163 e. The number of nitrogens with zero attached hydrogens (tertiary/aromatic N) is 3. The predicted molar refractivity (Wildman–Crippen MR) is 60.4 cm³/mol. The number of benzene rings is 1. The van der Waals surface area contributed by atoms with Gasteiger partial charge in [0.15, 0.2) is 5.82 Å². The smallest absolute Gasteiger partial charge is 0.163 e. The van der Waals surface area contributed by atoms with Gasteiger partial charge in [0.25, 0.3) is 0 Å². The van der Waals surface area contributed by atoms with Gasteiger partial charge < -0.3 is 4.57 Å². The van der Waals surface area contributed by atoms with Gasteiger partial charge in [-0.25, -0.2) is 4.39 Å². The Balaban J connectivity index is 2.42. The van der Waals surface area contributed by atoms with Crippen molar-refractivity contribution in [2.45, 2.75) is 26.8 Å². The van der Waals surface area contributed by atoms with E-state index < -0.39 is 0 Å². The van der Waals surface area contributed by atoms with Crippen LogP contribution in [0.25, 0.3) is 11.4 Å². The molecule has 0 aliphatic rings. The molecule has 0 N–H and O–H groups in total. The van der Waals surface area contributed by atoms with Crippen LogP contribution in [0.4, 0.5) is 4.39 Å². The Morgan fingerprint density at radius 2 is 2.19 bits per heavy atom. The van der Waals surface area contributed by atoms with Crippen LogP contribution in [0, 0.1) is 12.7 Å². The molecule has 0 bridgehead atoms. The van der Waals surface area contributed by atoms with E-state index in [1.54, 1.807) is 25.4 Å². The Morgan fingerprint density at radius 1 is 1.38 bits per heavy atom. The summed E-state index contributed by atoms with van der Waals surface area (Å²) in [7, 11) is 0. The summed E-state index contributed by atoms with van der Waals surface area (Å²) in [5.41, 5.74) is 1.54. The van der Waals surface area contributed by atoms with Crippen molar-refractivity contribution in [3.05, 3.63) is 35.9 Å². The van der Waals surface area contributed by atoms with Crippen molar-refractivity contribution in [1.82, 2.24) is 14.8 Å². The Kier molecular flexibility index (Phi) is 2.99. The molecule has 0 unspecified atom stereocenters. The van der Waals surface area contributed by atoms with E-state index in [0.717, 1.165) is 24.4 Å². The summed E-state index contributed by atoms with van der Waals surface area (Å²) in [4.78, 5) is 0. The molecular weight excluding hydrogens is 205 g/mol. The van der Waals surface area contributed by atoms with Crippen LogP contribution in [-0.2, 0) is 6.54 Å². The summed E-state index contributed by atoms with van der Waals surface area (Å²) in [6.45, 7) is 4.72. The van der Waals surface area contributed by atoms with Gasteiger partial charge in [0, 0.05) is 12.1 Å². The molecule has 0 saturated carbocycles.